The molecule has 0 amide bonds. The van der Waals surface area contributed by atoms with Gasteiger partial charge in [0.25, 0.3) is 5.56 Å². The first-order valence-corrected chi connectivity index (χ1v) is 5.79. The number of benzene rings is 1. The SMILES string of the molecule is Cc1cccc(-n2c(O)c(C=NO)c(=O)[nH]c2=O)c1C. The minimum atomic E-state index is -0.827. The quantitative estimate of drug-likeness (QED) is 0.425. The standard InChI is InChI=1S/C13H13N3O4/c1-7-4-3-5-10(8(7)2)16-12(18)9(6-14-20)11(17)15-13(16)19/h3-6,18,20H,1-2H3,(H,15,17,19). The molecule has 0 radical (unpaired) electrons. The Hall–Kier alpha value is -2.83. The highest BCUT2D eigenvalue weighted by molar-refractivity contribution is 5.81. The van der Waals surface area contributed by atoms with E-state index in [0.717, 1.165) is 21.9 Å². The molecule has 7 heteroatoms. The van der Waals surface area contributed by atoms with Gasteiger partial charge in [0.2, 0.25) is 5.88 Å². The van der Waals surface area contributed by atoms with Crippen molar-refractivity contribution in [1.82, 2.24) is 9.55 Å². The molecule has 20 heavy (non-hydrogen) atoms. The van der Waals surface area contributed by atoms with Crippen molar-refractivity contribution in [1.29, 1.82) is 0 Å². The van der Waals surface area contributed by atoms with Gasteiger partial charge in [0.1, 0.15) is 5.56 Å². The maximum Gasteiger partial charge on any atom is 0.335 e. The molecule has 2 rings (SSSR count). The van der Waals surface area contributed by atoms with Crippen LogP contribution >= 0.6 is 0 Å². The van der Waals surface area contributed by atoms with Crippen molar-refractivity contribution in [3.63, 3.8) is 0 Å². The van der Waals surface area contributed by atoms with Crippen LogP contribution in [0.15, 0.2) is 32.9 Å². The number of rotatable bonds is 2. The molecule has 104 valence electrons. The summed E-state index contributed by atoms with van der Waals surface area (Å²) >= 11 is 0. The van der Waals surface area contributed by atoms with E-state index in [4.69, 9.17) is 5.21 Å². The molecule has 1 aromatic heterocycles. The third-order valence-electron chi connectivity index (χ3n) is 3.12. The monoisotopic (exact) mass is 275 g/mol. The average molecular weight is 275 g/mol. The molecule has 0 saturated carbocycles. The fourth-order valence-corrected chi connectivity index (χ4v) is 1.91. The Labute approximate surface area is 113 Å². The number of hydrogen-bond donors (Lipinski definition) is 3. The Morgan fingerprint density at radius 1 is 1.30 bits per heavy atom. The lowest BCUT2D eigenvalue weighted by Crippen LogP contribution is -2.31. The van der Waals surface area contributed by atoms with Crippen molar-refractivity contribution in [2.24, 2.45) is 5.16 Å². The van der Waals surface area contributed by atoms with Crippen LogP contribution in [-0.4, -0.2) is 26.1 Å². The highest BCUT2D eigenvalue weighted by Gasteiger charge is 2.16. The van der Waals surface area contributed by atoms with E-state index in [9.17, 15) is 14.7 Å². The summed E-state index contributed by atoms with van der Waals surface area (Å²) in [6.45, 7) is 3.66. The van der Waals surface area contributed by atoms with E-state index in [2.05, 4.69) is 10.1 Å². The molecule has 0 aliphatic heterocycles. The van der Waals surface area contributed by atoms with Gasteiger partial charge in [-0.15, -0.1) is 0 Å². The van der Waals surface area contributed by atoms with Crippen LogP contribution in [-0.2, 0) is 0 Å². The molecule has 0 aliphatic carbocycles. The third-order valence-corrected chi connectivity index (χ3v) is 3.12. The van der Waals surface area contributed by atoms with Gasteiger partial charge in [0, 0.05) is 0 Å². The van der Waals surface area contributed by atoms with Crippen LogP contribution in [0, 0.1) is 13.8 Å². The zero-order chi connectivity index (χ0) is 14.9. The van der Waals surface area contributed by atoms with Gasteiger partial charge in [-0.25, -0.2) is 9.36 Å². The van der Waals surface area contributed by atoms with E-state index >= 15 is 0 Å². The minimum Gasteiger partial charge on any atom is -0.493 e. The van der Waals surface area contributed by atoms with Crippen LogP contribution in [0.2, 0.25) is 0 Å². The second kappa shape index (κ2) is 5.04. The van der Waals surface area contributed by atoms with Crippen molar-refractivity contribution in [3.8, 4) is 11.6 Å². The molecule has 0 saturated heterocycles. The van der Waals surface area contributed by atoms with Crippen LogP contribution < -0.4 is 11.2 Å². The van der Waals surface area contributed by atoms with Gasteiger partial charge < -0.3 is 10.3 Å². The van der Waals surface area contributed by atoms with Crippen LogP contribution in [0.4, 0.5) is 0 Å². The number of nitrogens with zero attached hydrogens (tertiary/aromatic N) is 2. The van der Waals surface area contributed by atoms with Gasteiger partial charge in [-0.2, -0.15) is 0 Å². The topological polar surface area (TPSA) is 108 Å². The van der Waals surface area contributed by atoms with E-state index in [-0.39, 0.29) is 5.56 Å². The number of aromatic amines is 1. The van der Waals surface area contributed by atoms with Crippen molar-refractivity contribution < 1.29 is 10.3 Å². The highest BCUT2D eigenvalue weighted by Crippen LogP contribution is 2.20. The summed E-state index contributed by atoms with van der Waals surface area (Å²) in [6, 6.07) is 5.23. The number of aromatic nitrogens is 2. The number of aromatic hydroxyl groups is 1. The summed E-state index contributed by atoms with van der Waals surface area (Å²) in [6.07, 6.45) is 0.773. The fraction of sp³-hybridized carbons (Fsp3) is 0.154. The van der Waals surface area contributed by atoms with E-state index in [0.29, 0.717) is 5.69 Å². The zero-order valence-electron chi connectivity index (χ0n) is 10.9. The Morgan fingerprint density at radius 3 is 2.65 bits per heavy atom. The lowest BCUT2D eigenvalue weighted by atomic mass is 10.1. The first-order valence-electron chi connectivity index (χ1n) is 5.79. The maximum atomic E-state index is 11.9. The molecule has 1 heterocycles. The smallest absolute Gasteiger partial charge is 0.335 e. The van der Waals surface area contributed by atoms with Gasteiger partial charge in [0.05, 0.1) is 11.9 Å². The first-order chi connectivity index (χ1) is 9.47. The number of aryl methyl sites for hydroxylation is 1. The van der Waals surface area contributed by atoms with E-state index in [1.807, 2.05) is 13.0 Å². The van der Waals surface area contributed by atoms with Gasteiger partial charge >= 0.3 is 5.69 Å². The van der Waals surface area contributed by atoms with Gasteiger partial charge in [-0.3, -0.25) is 9.78 Å². The summed E-state index contributed by atoms with van der Waals surface area (Å²) in [4.78, 5) is 25.5. The van der Waals surface area contributed by atoms with Crippen LogP contribution in [0.1, 0.15) is 16.7 Å². The molecule has 0 fully saturated rings. The molecule has 0 unspecified atom stereocenters. The molecule has 0 aliphatic rings. The van der Waals surface area contributed by atoms with Crippen LogP contribution in [0.5, 0.6) is 5.88 Å². The normalized spacial score (nSPS) is 11.1. The molecular weight excluding hydrogens is 262 g/mol. The van der Waals surface area contributed by atoms with E-state index in [1.54, 1.807) is 19.1 Å². The van der Waals surface area contributed by atoms with Gasteiger partial charge in [-0.1, -0.05) is 17.3 Å². The highest BCUT2D eigenvalue weighted by atomic mass is 16.4. The van der Waals surface area contributed by atoms with Crippen molar-refractivity contribution in [3.05, 3.63) is 55.7 Å². The fourth-order valence-electron chi connectivity index (χ4n) is 1.91. The molecule has 2 aromatic rings. The Balaban J connectivity index is 2.88. The average Bonchev–Trinajstić information content (AvgIpc) is 2.39. The first kappa shape index (κ1) is 13.6. The Kier molecular flexibility index (Phi) is 3.43. The second-order valence-corrected chi connectivity index (χ2v) is 4.30. The number of H-pyrrole nitrogens is 1. The van der Waals surface area contributed by atoms with E-state index in [1.165, 1.54) is 0 Å². The predicted octanol–water partition coefficient (Wildman–Crippen LogP) is 0.656. The molecule has 1 aromatic carbocycles. The Morgan fingerprint density at radius 2 is 2.00 bits per heavy atom. The Bertz CT molecular complexity index is 802. The van der Waals surface area contributed by atoms with Crippen molar-refractivity contribution >= 4 is 6.21 Å². The predicted molar refractivity (Wildman–Crippen MR) is 73.2 cm³/mol. The molecule has 0 atom stereocenters. The zero-order valence-corrected chi connectivity index (χ0v) is 10.9. The van der Waals surface area contributed by atoms with Gasteiger partial charge in [-0.05, 0) is 31.0 Å². The van der Waals surface area contributed by atoms with Crippen LogP contribution in [0.25, 0.3) is 5.69 Å². The summed E-state index contributed by atoms with van der Waals surface area (Å²) < 4.78 is 0.959. The van der Waals surface area contributed by atoms with Crippen molar-refractivity contribution in [2.75, 3.05) is 0 Å². The van der Waals surface area contributed by atoms with Crippen molar-refractivity contribution in [2.45, 2.75) is 13.8 Å². The lowest BCUT2D eigenvalue weighted by Gasteiger charge is -2.13. The molecular formula is C13H13N3O4. The minimum absolute atomic E-state index is 0.298. The molecule has 3 N–H and O–H groups in total. The summed E-state index contributed by atoms with van der Waals surface area (Å²) in [7, 11) is 0. The third kappa shape index (κ3) is 2.09. The molecule has 7 nitrogen and oxygen atoms in total. The largest absolute Gasteiger partial charge is 0.493 e. The summed E-state index contributed by atoms with van der Waals surface area (Å²) in [5.74, 6) is -0.578. The number of oxime groups is 1. The van der Waals surface area contributed by atoms with E-state index < -0.39 is 17.1 Å². The number of nitrogens with one attached hydrogen (secondary N) is 1. The molecule has 0 spiro atoms. The summed E-state index contributed by atoms with van der Waals surface area (Å²) in [5, 5.41) is 21.3. The number of hydrogen-bond acceptors (Lipinski definition) is 5. The maximum absolute atomic E-state index is 11.9. The van der Waals surface area contributed by atoms with Crippen LogP contribution in [0.3, 0.4) is 0 Å². The molecule has 0 bridgehead atoms. The second-order valence-electron chi connectivity index (χ2n) is 4.30. The summed E-state index contributed by atoms with van der Waals surface area (Å²) in [5.41, 5.74) is 0.258. The van der Waals surface area contributed by atoms with Gasteiger partial charge in [0.15, 0.2) is 0 Å². The lowest BCUT2D eigenvalue weighted by molar-refractivity contribution is 0.321.